The van der Waals surface area contributed by atoms with Gasteiger partial charge < -0.3 is 10.6 Å². The van der Waals surface area contributed by atoms with Gasteiger partial charge in [0.1, 0.15) is 5.82 Å². The fourth-order valence-electron chi connectivity index (χ4n) is 5.69. The van der Waals surface area contributed by atoms with E-state index in [4.69, 9.17) is 5.73 Å². The van der Waals surface area contributed by atoms with Gasteiger partial charge in [0.05, 0.1) is 11.3 Å². The molecule has 6 rings (SSSR count). The van der Waals surface area contributed by atoms with Gasteiger partial charge in [0, 0.05) is 28.8 Å². The number of pyridine rings is 1. The molecule has 1 atom stereocenters. The second-order valence-electron chi connectivity index (χ2n) is 9.71. The summed E-state index contributed by atoms with van der Waals surface area (Å²) in [6.07, 6.45) is 9.20. The Morgan fingerprint density at radius 2 is 1.74 bits per heavy atom. The standard InChI is InChI=1S/C28H28FN5O/c29-25-15-20(7-10-23(25)27(30)35)26-24-14-21(16-31-28(24)33-32-26)19-4-3-17-5-8-22(9-6-18(17)13-19)34-11-1-2-12-34/h3-4,7,10,13-16,22H,1-2,5-6,8-9,11-12H2,(H2,30,35)(H,31,32,33). The van der Waals surface area contributed by atoms with E-state index in [9.17, 15) is 9.18 Å². The number of likely N-dealkylation sites (tertiary alicyclic amines) is 1. The van der Waals surface area contributed by atoms with E-state index in [-0.39, 0.29) is 5.56 Å². The molecule has 0 saturated carbocycles. The Morgan fingerprint density at radius 1 is 0.971 bits per heavy atom. The van der Waals surface area contributed by atoms with Crippen molar-refractivity contribution in [1.29, 1.82) is 0 Å². The van der Waals surface area contributed by atoms with E-state index < -0.39 is 11.7 Å². The number of primary amides is 1. The second-order valence-corrected chi connectivity index (χ2v) is 9.71. The number of hydrogen-bond donors (Lipinski definition) is 2. The number of nitrogens with two attached hydrogens (primary N) is 1. The van der Waals surface area contributed by atoms with Crippen molar-refractivity contribution in [3.63, 3.8) is 0 Å². The van der Waals surface area contributed by atoms with Gasteiger partial charge in [-0.2, -0.15) is 5.10 Å². The second kappa shape index (κ2) is 8.89. The molecule has 1 saturated heterocycles. The summed E-state index contributed by atoms with van der Waals surface area (Å²) in [5.74, 6) is -1.44. The van der Waals surface area contributed by atoms with Gasteiger partial charge in [0.2, 0.25) is 0 Å². The summed E-state index contributed by atoms with van der Waals surface area (Å²) in [4.78, 5) is 18.6. The van der Waals surface area contributed by atoms with Gasteiger partial charge in [-0.15, -0.1) is 0 Å². The van der Waals surface area contributed by atoms with Crippen LogP contribution in [0.4, 0.5) is 4.39 Å². The highest BCUT2D eigenvalue weighted by Gasteiger charge is 2.24. The summed E-state index contributed by atoms with van der Waals surface area (Å²) in [6, 6.07) is 13.9. The third-order valence-electron chi connectivity index (χ3n) is 7.62. The van der Waals surface area contributed by atoms with Crippen LogP contribution in [0.25, 0.3) is 33.4 Å². The normalized spacial score (nSPS) is 18.5. The molecule has 2 aromatic heterocycles. The molecule has 6 nitrogen and oxygen atoms in total. The average molecular weight is 470 g/mol. The molecule has 0 radical (unpaired) electrons. The van der Waals surface area contributed by atoms with Crippen molar-refractivity contribution in [2.45, 2.75) is 44.6 Å². The van der Waals surface area contributed by atoms with Crippen molar-refractivity contribution in [2.75, 3.05) is 13.1 Å². The quantitative estimate of drug-likeness (QED) is 0.417. The largest absolute Gasteiger partial charge is 0.366 e. The summed E-state index contributed by atoms with van der Waals surface area (Å²) in [6.45, 7) is 2.50. The number of fused-ring (bicyclic) bond motifs is 2. The van der Waals surface area contributed by atoms with Crippen molar-refractivity contribution in [3.05, 3.63) is 71.2 Å². The van der Waals surface area contributed by atoms with E-state index in [0.29, 0.717) is 22.9 Å². The summed E-state index contributed by atoms with van der Waals surface area (Å²) in [5.41, 5.74) is 11.9. The number of aromatic amines is 1. The molecular weight excluding hydrogens is 441 g/mol. The molecule has 1 unspecified atom stereocenters. The number of H-pyrrole nitrogens is 1. The number of nitrogens with zero attached hydrogens (tertiary/aromatic N) is 3. The summed E-state index contributed by atoms with van der Waals surface area (Å²) in [5, 5.41) is 8.07. The van der Waals surface area contributed by atoms with Crippen molar-refractivity contribution in [1.82, 2.24) is 20.1 Å². The van der Waals surface area contributed by atoms with E-state index >= 15 is 0 Å². The van der Waals surface area contributed by atoms with Crippen molar-refractivity contribution >= 4 is 16.9 Å². The lowest BCUT2D eigenvalue weighted by Crippen LogP contribution is -2.32. The molecule has 4 aromatic rings. The minimum Gasteiger partial charge on any atom is -0.366 e. The molecule has 7 heteroatoms. The first-order valence-electron chi connectivity index (χ1n) is 12.4. The van der Waals surface area contributed by atoms with Crippen LogP contribution < -0.4 is 5.73 Å². The van der Waals surface area contributed by atoms with Gasteiger partial charge in [0.25, 0.3) is 5.91 Å². The predicted octanol–water partition coefficient (Wildman–Crippen LogP) is 4.87. The lowest BCUT2D eigenvalue weighted by Gasteiger charge is -2.25. The monoisotopic (exact) mass is 469 g/mol. The van der Waals surface area contributed by atoms with E-state index in [1.165, 1.54) is 62.0 Å². The first-order valence-corrected chi connectivity index (χ1v) is 12.4. The molecule has 1 fully saturated rings. The highest BCUT2D eigenvalue weighted by Crippen LogP contribution is 2.33. The lowest BCUT2D eigenvalue weighted by molar-refractivity contribution is 0.0996. The van der Waals surface area contributed by atoms with Crippen LogP contribution in [0.2, 0.25) is 0 Å². The Labute approximate surface area is 203 Å². The van der Waals surface area contributed by atoms with Crippen molar-refractivity contribution < 1.29 is 9.18 Å². The van der Waals surface area contributed by atoms with Crippen LogP contribution in [0, 0.1) is 5.82 Å². The highest BCUT2D eigenvalue weighted by molar-refractivity contribution is 5.96. The van der Waals surface area contributed by atoms with Crippen LogP contribution in [0.15, 0.2) is 48.7 Å². The number of amides is 1. The SMILES string of the molecule is NC(=O)c1ccc(-c2[nH]nc3ncc(-c4ccc5c(c4)CCC(N4CCCC4)CC5)cc23)cc1F. The Kier molecular flexibility index (Phi) is 5.57. The molecular formula is C28H28FN5O. The molecule has 2 aliphatic rings. The molecule has 1 amide bonds. The van der Waals surface area contributed by atoms with Crippen molar-refractivity contribution in [2.24, 2.45) is 5.73 Å². The molecule has 1 aliphatic carbocycles. The number of carbonyl (C=O) groups is 1. The van der Waals surface area contributed by atoms with Crippen LogP contribution in [-0.4, -0.2) is 45.1 Å². The Bertz CT molecular complexity index is 1420. The Morgan fingerprint density at radius 3 is 2.51 bits per heavy atom. The number of rotatable bonds is 4. The van der Waals surface area contributed by atoms with E-state index in [1.54, 1.807) is 6.07 Å². The molecule has 3 heterocycles. The zero-order valence-corrected chi connectivity index (χ0v) is 19.6. The third kappa shape index (κ3) is 4.10. The van der Waals surface area contributed by atoms with Gasteiger partial charge in [0.15, 0.2) is 5.65 Å². The van der Waals surface area contributed by atoms with Crippen LogP contribution in [0.5, 0.6) is 0 Å². The number of aromatic nitrogens is 3. The number of benzene rings is 2. The smallest absolute Gasteiger partial charge is 0.251 e. The Hall–Kier alpha value is -3.58. The topological polar surface area (TPSA) is 87.9 Å². The van der Waals surface area contributed by atoms with Gasteiger partial charge in [-0.05, 0) is 86.5 Å². The fraction of sp³-hybridized carbons (Fsp3) is 0.321. The maximum atomic E-state index is 14.4. The first-order chi connectivity index (χ1) is 17.1. The third-order valence-corrected chi connectivity index (χ3v) is 7.62. The van der Waals surface area contributed by atoms with Crippen LogP contribution in [-0.2, 0) is 12.8 Å². The van der Waals surface area contributed by atoms with Gasteiger partial charge >= 0.3 is 0 Å². The van der Waals surface area contributed by atoms with Gasteiger partial charge in [-0.1, -0.05) is 24.3 Å². The minimum absolute atomic E-state index is 0.131. The first kappa shape index (κ1) is 21.9. The predicted molar refractivity (Wildman–Crippen MR) is 134 cm³/mol. The molecule has 0 bridgehead atoms. The summed E-state index contributed by atoms with van der Waals surface area (Å²) >= 11 is 0. The van der Waals surface area contributed by atoms with Gasteiger partial charge in [-0.25, -0.2) is 9.37 Å². The maximum absolute atomic E-state index is 14.4. The number of aryl methyl sites for hydroxylation is 2. The van der Waals surface area contributed by atoms with Crippen LogP contribution in [0.3, 0.4) is 0 Å². The number of hydrogen-bond acceptors (Lipinski definition) is 4. The zero-order valence-electron chi connectivity index (χ0n) is 19.6. The molecule has 3 N–H and O–H groups in total. The average Bonchev–Trinajstić information content (AvgIpc) is 3.50. The highest BCUT2D eigenvalue weighted by atomic mass is 19.1. The van der Waals surface area contributed by atoms with Crippen LogP contribution in [0.1, 0.15) is 47.2 Å². The van der Waals surface area contributed by atoms with Gasteiger partial charge in [-0.3, -0.25) is 9.89 Å². The number of nitrogens with one attached hydrogen (secondary N) is 1. The molecule has 35 heavy (non-hydrogen) atoms. The molecule has 1 aliphatic heterocycles. The van der Waals surface area contributed by atoms with E-state index in [1.807, 2.05) is 12.3 Å². The zero-order chi connectivity index (χ0) is 23.9. The lowest BCUT2D eigenvalue weighted by atomic mass is 9.96. The van der Waals surface area contributed by atoms with E-state index in [2.05, 4.69) is 38.3 Å². The van der Waals surface area contributed by atoms with Crippen LogP contribution >= 0.6 is 0 Å². The number of halogens is 1. The van der Waals surface area contributed by atoms with E-state index in [0.717, 1.165) is 29.4 Å². The number of carbonyl (C=O) groups excluding carboxylic acids is 1. The summed E-state index contributed by atoms with van der Waals surface area (Å²) < 4.78 is 14.4. The summed E-state index contributed by atoms with van der Waals surface area (Å²) in [7, 11) is 0. The maximum Gasteiger partial charge on any atom is 0.251 e. The molecule has 178 valence electrons. The molecule has 0 spiro atoms. The molecule has 2 aromatic carbocycles. The minimum atomic E-state index is -0.789. The Balaban J connectivity index is 1.31. The fourth-order valence-corrected chi connectivity index (χ4v) is 5.69. The van der Waals surface area contributed by atoms with Crippen molar-refractivity contribution in [3.8, 4) is 22.4 Å².